The highest BCUT2D eigenvalue weighted by Crippen LogP contribution is 2.22. The second kappa shape index (κ2) is 6.59. The second-order valence-corrected chi connectivity index (χ2v) is 6.88. The Bertz CT molecular complexity index is 819. The number of rotatable bonds is 3. The van der Waals surface area contributed by atoms with Crippen LogP contribution in [0.2, 0.25) is 0 Å². The molecule has 3 rings (SSSR count). The zero-order chi connectivity index (χ0) is 17.3. The molecule has 1 heterocycles. The molecule has 5 heteroatoms. The maximum atomic E-state index is 12.3. The molecule has 0 saturated carbocycles. The molecule has 1 aliphatic rings. The van der Waals surface area contributed by atoms with Crippen LogP contribution < -0.4 is 10.9 Å². The van der Waals surface area contributed by atoms with Gasteiger partial charge < -0.3 is 5.32 Å². The summed E-state index contributed by atoms with van der Waals surface area (Å²) in [6, 6.07) is 7.51. The lowest BCUT2D eigenvalue weighted by molar-refractivity contribution is -0.117. The Balaban J connectivity index is 1.76. The van der Waals surface area contributed by atoms with Crippen LogP contribution in [0.25, 0.3) is 0 Å². The van der Waals surface area contributed by atoms with Gasteiger partial charge in [0.05, 0.1) is 5.69 Å². The van der Waals surface area contributed by atoms with Crippen LogP contribution in [0.15, 0.2) is 29.1 Å². The molecule has 1 N–H and O–H groups in total. The van der Waals surface area contributed by atoms with Crippen molar-refractivity contribution < 1.29 is 4.79 Å². The first kappa shape index (κ1) is 16.4. The molecular weight excluding hydrogens is 302 g/mol. The van der Waals surface area contributed by atoms with Gasteiger partial charge in [0.25, 0.3) is 5.56 Å². The van der Waals surface area contributed by atoms with E-state index in [2.05, 4.69) is 17.3 Å². The Morgan fingerprint density at radius 1 is 1.25 bits per heavy atom. The highest BCUT2D eigenvalue weighted by atomic mass is 16.2. The largest absolute Gasteiger partial charge is 0.324 e. The molecule has 0 radical (unpaired) electrons. The number of aryl methyl sites for hydroxylation is 3. The molecule has 0 spiro atoms. The van der Waals surface area contributed by atoms with Crippen LogP contribution in [0.3, 0.4) is 0 Å². The van der Waals surface area contributed by atoms with Crippen molar-refractivity contribution in [3.8, 4) is 0 Å². The SMILES string of the molecule is Cc1cc(C)cc(NC(=O)Cn2nc3c(cc2=O)C[C@H](C)CC3)c1. The van der Waals surface area contributed by atoms with E-state index in [0.717, 1.165) is 47.3 Å². The lowest BCUT2D eigenvalue weighted by Gasteiger charge is -2.20. The third kappa shape index (κ3) is 3.72. The molecule has 1 aromatic carbocycles. The Hall–Kier alpha value is -2.43. The average molecular weight is 325 g/mol. The minimum absolute atomic E-state index is 0.0609. The maximum Gasteiger partial charge on any atom is 0.267 e. The van der Waals surface area contributed by atoms with Gasteiger partial charge in [-0.15, -0.1) is 0 Å². The number of anilines is 1. The van der Waals surface area contributed by atoms with Crippen LogP contribution in [-0.2, 0) is 24.2 Å². The highest BCUT2D eigenvalue weighted by molar-refractivity contribution is 5.90. The number of hydrogen-bond donors (Lipinski definition) is 1. The van der Waals surface area contributed by atoms with Crippen LogP contribution in [-0.4, -0.2) is 15.7 Å². The molecule has 0 aliphatic heterocycles. The van der Waals surface area contributed by atoms with E-state index in [1.807, 2.05) is 32.0 Å². The van der Waals surface area contributed by atoms with Gasteiger partial charge in [-0.2, -0.15) is 5.10 Å². The Morgan fingerprint density at radius 3 is 2.67 bits per heavy atom. The normalized spacial score (nSPS) is 16.5. The predicted molar refractivity (Wildman–Crippen MR) is 94.2 cm³/mol. The number of carbonyl (C=O) groups excluding carboxylic acids is 1. The van der Waals surface area contributed by atoms with Gasteiger partial charge in [0, 0.05) is 11.8 Å². The highest BCUT2D eigenvalue weighted by Gasteiger charge is 2.18. The van der Waals surface area contributed by atoms with Gasteiger partial charge >= 0.3 is 0 Å². The standard InChI is InChI=1S/C19H23N3O2/c1-12-4-5-17-15(7-12)10-19(24)22(21-17)11-18(23)20-16-8-13(2)6-14(3)9-16/h6,8-10,12H,4-5,7,11H2,1-3H3,(H,20,23)/t12-/m1/s1. The molecule has 24 heavy (non-hydrogen) atoms. The molecule has 1 aliphatic carbocycles. The summed E-state index contributed by atoms with van der Waals surface area (Å²) in [6.07, 6.45) is 2.84. The van der Waals surface area contributed by atoms with E-state index < -0.39 is 0 Å². The predicted octanol–water partition coefficient (Wildman–Crippen LogP) is 2.62. The summed E-state index contributed by atoms with van der Waals surface area (Å²) in [5.74, 6) is 0.348. The van der Waals surface area contributed by atoms with Crippen molar-refractivity contribution in [3.63, 3.8) is 0 Å². The first-order valence-electron chi connectivity index (χ1n) is 8.39. The summed E-state index contributed by atoms with van der Waals surface area (Å²) < 4.78 is 1.27. The van der Waals surface area contributed by atoms with E-state index in [9.17, 15) is 9.59 Å². The molecule has 0 unspecified atom stereocenters. The number of aromatic nitrogens is 2. The number of fused-ring (bicyclic) bond motifs is 1. The molecule has 0 fully saturated rings. The lowest BCUT2D eigenvalue weighted by Crippen LogP contribution is -2.32. The molecular formula is C19H23N3O2. The smallest absolute Gasteiger partial charge is 0.267 e. The first-order valence-corrected chi connectivity index (χ1v) is 8.39. The number of benzene rings is 1. The van der Waals surface area contributed by atoms with Crippen LogP contribution in [0.5, 0.6) is 0 Å². The van der Waals surface area contributed by atoms with Crippen molar-refractivity contribution >= 4 is 11.6 Å². The van der Waals surface area contributed by atoms with Crippen molar-refractivity contribution in [2.24, 2.45) is 5.92 Å². The molecule has 5 nitrogen and oxygen atoms in total. The van der Waals surface area contributed by atoms with Gasteiger partial charge in [0.15, 0.2) is 0 Å². The quantitative estimate of drug-likeness (QED) is 0.943. The van der Waals surface area contributed by atoms with Crippen LogP contribution >= 0.6 is 0 Å². The van der Waals surface area contributed by atoms with Gasteiger partial charge in [0.2, 0.25) is 5.91 Å². The lowest BCUT2D eigenvalue weighted by atomic mass is 9.88. The van der Waals surface area contributed by atoms with Crippen molar-refractivity contribution in [2.75, 3.05) is 5.32 Å². The zero-order valence-electron chi connectivity index (χ0n) is 14.4. The van der Waals surface area contributed by atoms with Gasteiger partial charge in [0.1, 0.15) is 6.54 Å². The number of carbonyl (C=O) groups is 1. The molecule has 2 aromatic rings. The monoisotopic (exact) mass is 325 g/mol. The van der Waals surface area contributed by atoms with E-state index in [-0.39, 0.29) is 18.0 Å². The van der Waals surface area contributed by atoms with Gasteiger partial charge in [-0.25, -0.2) is 4.68 Å². The fourth-order valence-electron chi connectivity index (χ4n) is 3.31. The van der Waals surface area contributed by atoms with E-state index >= 15 is 0 Å². The molecule has 126 valence electrons. The summed E-state index contributed by atoms with van der Waals surface area (Å²) in [4.78, 5) is 24.5. The Labute approximate surface area is 141 Å². The Morgan fingerprint density at radius 2 is 1.96 bits per heavy atom. The van der Waals surface area contributed by atoms with Crippen molar-refractivity contribution in [1.29, 1.82) is 0 Å². The first-order chi connectivity index (χ1) is 11.4. The molecule has 0 saturated heterocycles. The van der Waals surface area contributed by atoms with Crippen LogP contribution in [0.4, 0.5) is 5.69 Å². The zero-order valence-corrected chi connectivity index (χ0v) is 14.4. The van der Waals surface area contributed by atoms with Gasteiger partial charge in [-0.3, -0.25) is 9.59 Å². The molecule has 1 aromatic heterocycles. The van der Waals surface area contributed by atoms with Crippen LogP contribution in [0, 0.1) is 19.8 Å². The average Bonchev–Trinajstić information content (AvgIpc) is 2.47. The van der Waals surface area contributed by atoms with Crippen molar-refractivity contribution in [3.05, 3.63) is 57.0 Å². The number of nitrogens with zero attached hydrogens (tertiary/aromatic N) is 2. The summed E-state index contributed by atoms with van der Waals surface area (Å²) >= 11 is 0. The minimum Gasteiger partial charge on any atom is -0.324 e. The molecule has 1 amide bonds. The number of nitrogens with one attached hydrogen (secondary N) is 1. The third-order valence-corrected chi connectivity index (χ3v) is 4.41. The fourth-order valence-corrected chi connectivity index (χ4v) is 3.31. The van der Waals surface area contributed by atoms with E-state index in [1.165, 1.54) is 4.68 Å². The van der Waals surface area contributed by atoms with Crippen molar-refractivity contribution in [1.82, 2.24) is 9.78 Å². The fraction of sp³-hybridized carbons (Fsp3) is 0.421. The summed E-state index contributed by atoms with van der Waals surface area (Å²) in [7, 11) is 0. The Kier molecular flexibility index (Phi) is 4.51. The molecule has 1 atom stereocenters. The van der Waals surface area contributed by atoms with E-state index in [1.54, 1.807) is 6.07 Å². The third-order valence-electron chi connectivity index (χ3n) is 4.41. The van der Waals surface area contributed by atoms with Crippen molar-refractivity contribution in [2.45, 2.75) is 46.6 Å². The topological polar surface area (TPSA) is 64.0 Å². The summed E-state index contributed by atoms with van der Waals surface area (Å²) in [5.41, 5.74) is 4.69. The molecule has 0 bridgehead atoms. The van der Waals surface area contributed by atoms with E-state index in [4.69, 9.17) is 0 Å². The number of hydrogen-bond acceptors (Lipinski definition) is 3. The maximum absolute atomic E-state index is 12.3. The van der Waals surface area contributed by atoms with Crippen LogP contribution in [0.1, 0.15) is 35.7 Å². The van der Waals surface area contributed by atoms with E-state index in [0.29, 0.717) is 5.92 Å². The second-order valence-electron chi connectivity index (χ2n) is 6.88. The van der Waals surface area contributed by atoms with Gasteiger partial charge in [-0.05, 0) is 67.9 Å². The minimum atomic E-state index is -0.237. The summed E-state index contributed by atoms with van der Waals surface area (Å²) in [6.45, 7) is 6.10. The van der Waals surface area contributed by atoms with Gasteiger partial charge in [-0.1, -0.05) is 13.0 Å². The number of amides is 1. The summed E-state index contributed by atoms with van der Waals surface area (Å²) in [5, 5.41) is 7.26.